The first-order valence-electron chi connectivity index (χ1n) is 9.06. The van der Waals surface area contributed by atoms with Gasteiger partial charge in [-0.3, -0.25) is 9.59 Å². The highest BCUT2D eigenvalue weighted by Gasteiger charge is 2.39. The van der Waals surface area contributed by atoms with E-state index in [1.54, 1.807) is 41.9 Å². The molecule has 1 atom stereocenters. The van der Waals surface area contributed by atoms with Crippen molar-refractivity contribution in [2.24, 2.45) is 12.8 Å². The predicted octanol–water partition coefficient (Wildman–Crippen LogP) is 3.63. The van der Waals surface area contributed by atoms with Gasteiger partial charge in [-0.05, 0) is 35.9 Å². The van der Waals surface area contributed by atoms with Gasteiger partial charge < -0.3 is 20.4 Å². The van der Waals surface area contributed by atoms with Crippen molar-refractivity contribution in [2.75, 3.05) is 13.2 Å². The van der Waals surface area contributed by atoms with Crippen LogP contribution < -0.4 is 11.1 Å². The van der Waals surface area contributed by atoms with E-state index in [0.29, 0.717) is 46.3 Å². The lowest BCUT2D eigenvalue weighted by Crippen LogP contribution is -2.47. The molecule has 1 aliphatic rings. The second-order valence-electron chi connectivity index (χ2n) is 7.17. The maximum Gasteiger partial charge on any atom is 0.268 e. The van der Waals surface area contributed by atoms with Crippen molar-refractivity contribution in [1.29, 1.82) is 0 Å². The van der Waals surface area contributed by atoms with Crippen LogP contribution in [0.3, 0.4) is 0 Å². The van der Waals surface area contributed by atoms with Crippen LogP contribution in [-0.2, 0) is 17.3 Å². The molecule has 2 aromatic carbocycles. The topological polar surface area (TPSA) is 86.4 Å². The zero-order valence-electron chi connectivity index (χ0n) is 15.7. The van der Waals surface area contributed by atoms with E-state index in [4.69, 9.17) is 33.7 Å². The largest absolute Gasteiger partial charge is 0.379 e. The third-order valence-electron chi connectivity index (χ3n) is 5.42. The number of nitrogens with zero attached hydrogens (tertiary/aromatic N) is 1. The number of primary amides is 1. The predicted molar refractivity (Wildman–Crippen MR) is 112 cm³/mol. The lowest BCUT2D eigenvalue weighted by atomic mass is 9.87. The van der Waals surface area contributed by atoms with Crippen molar-refractivity contribution in [3.63, 3.8) is 0 Å². The lowest BCUT2D eigenvalue weighted by Gasteiger charge is -2.30. The molecule has 1 aromatic heterocycles. The lowest BCUT2D eigenvalue weighted by molar-refractivity contribution is 0.0868. The third-order valence-corrected chi connectivity index (χ3v) is 6.24. The first kappa shape index (κ1) is 19.8. The first-order chi connectivity index (χ1) is 13.8. The fourth-order valence-electron chi connectivity index (χ4n) is 3.78. The van der Waals surface area contributed by atoms with Gasteiger partial charge in [-0.25, -0.2) is 0 Å². The highest BCUT2D eigenvalue weighted by molar-refractivity contribution is 6.45. The van der Waals surface area contributed by atoms with Gasteiger partial charge in [0.25, 0.3) is 5.91 Å². The smallest absolute Gasteiger partial charge is 0.268 e. The average Bonchev–Trinajstić information content (AvgIpc) is 3.31. The van der Waals surface area contributed by atoms with Gasteiger partial charge in [-0.15, -0.1) is 0 Å². The molecule has 0 saturated carbocycles. The normalized spacial score (nSPS) is 18.9. The van der Waals surface area contributed by atoms with Gasteiger partial charge in [0.05, 0.1) is 22.2 Å². The van der Waals surface area contributed by atoms with E-state index in [9.17, 15) is 9.59 Å². The van der Waals surface area contributed by atoms with Crippen LogP contribution in [-0.4, -0.2) is 29.6 Å². The van der Waals surface area contributed by atoms with Gasteiger partial charge >= 0.3 is 0 Å². The number of nitrogens with two attached hydrogens (primary N) is 1. The fourth-order valence-corrected chi connectivity index (χ4v) is 4.16. The molecule has 3 N–H and O–H groups in total. The van der Waals surface area contributed by atoms with Crippen LogP contribution in [0, 0.1) is 0 Å². The number of benzene rings is 2. The summed E-state index contributed by atoms with van der Waals surface area (Å²) < 4.78 is 7.37. The summed E-state index contributed by atoms with van der Waals surface area (Å²) in [4.78, 5) is 24.8. The third kappa shape index (κ3) is 3.37. The zero-order chi connectivity index (χ0) is 20.8. The van der Waals surface area contributed by atoms with Crippen molar-refractivity contribution < 1.29 is 14.3 Å². The molecule has 1 fully saturated rings. The Morgan fingerprint density at radius 3 is 2.69 bits per heavy atom. The number of carbonyl (C=O) groups is 2. The molecule has 1 unspecified atom stereocenters. The highest BCUT2D eigenvalue weighted by Crippen LogP contribution is 2.34. The molecule has 29 heavy (non-hydrogen) atoms. The number of hydrogen-bond acceptors (Lipinski definition) is 3. The molecule has 2 heterocycles. The molecule has 0 bridgehead atoms. The number of halogens is 2. The van der Waals surface area contributed by atoms with Crippen molar-refractivity contribution in [2.45, 2.75) is 12.0 Å². The Balaban J connectivity index is 1.73. The van der Waals surface area contributed by atoms with E-state index in [1.807, 2.05) is 12.1 Å². The molecule has 3 aromatic rings. The molecular formula is C21H19Cl2N3O3. The Morgan fingerprint density at radius 2 is 2.00 bits per heavy atom. The number of aryl methyl sites for hydroxylation is 1. The van der Waals surface area contributed by atoms with Gasteiger partial charge in [0, 0.05) is 36.5 Å². The summed E-state index contributed by atoms with van der Waals surface area (Å²) >= 11 is 12.4. The van der Waals surface area contributed by atoms with E-state index in [2.05, 4.69) is 5.32 Å². The van der Waals surface area contributed by atoms with E-state index in [1.165, 1.54) is 0 Å². The molecule has 6 nitrogen and oxygen atoms in total. The number of carbonyl (C=O) groups excluding carboxylic acids is 2. The highest BCUT2D eigenvalue weighted by atomic mass is 35.5. The summed E-state index contributed by atoms with van der Waals surface area (Å²) in [6.07, 6.45) is 0.581. The maximum atomic E-state index is 13.2. The molecule has 8 heteroatoms. The second-order valence-corrected chi connectivity index (χ2v) is 7.95. The molecule has 2 amide bonds. The molecule has 0 spiro atoms. The second kappa shape index (κ2) is 7.37. The van der Waals surface area contributed by atoms with Crippen LogP contribution in [0.15, 0.2) is 42.5 Å². The molecular weight excluding hydrogens is 413 g/mol. The summed E-state index contributed by atoms with van der Waals surface area (Å²) in [6.45, 7) is 0.801. The average molecular weight is 432 g/mol. The molecule has 0 aliphatic carbocycles. The molecule has 4 rings (SSSR count). The summed E-state index contributed by atoms with van der Waals surface area (Å²) in [5.41, 5.74) is 7.08. The van der Waals surface area contributed by atoms with Gasteiger partial charge in [-0.2, -0.15) is 0 Å². The van der Waals surface area contributed by atoms with Crippen molar-refractivity contribution in [3.8, 4) is 0 Å². The number of ether oxygens (including phenoxy) is 1. The van der Waals surface area contributed by atoms with Crippen LogP contribution in [0.1, 0.15) is 32.8 Å². The van der Waals surface area contributed by atoms with Crippen molar-refractivity contribution in [1.82, 2.24) is 9.88 Å². The van der Waals surface area contributed by atoms with Crippen LogP contribution >= 0.6 is 23.2 Å². The summed E-state index contributed by atoms with van der Waals surface area (Å²) in [5, 5.41) is 4.66. The number of fused-ring (bicyclic) bond motifs is 1. The molecule has 1 saturated heterocycles. The number of aromatic nitrogens is 1. The fraction of sp³-hybridized carbons (Fsp3) is 0.238. The molecule has 0 radical (unpaired) electrons. The minimum Gasteiger partial charge on any atom is -0.379 e. The Labute approximate surface area is 177 Å². The Kier molecular flexibility index (Phi) is 5.02. The number of nitrogens with one attached hydrogen (secondary N) is 1. The van der Waals surface area contributed by atoms with E-state index in [0.717, 1.165) is 11.1 Å². The van der Waals surface area contributed by atoms with E-state index in [-0.39, 0.29) is 5.91 Å². The van der Waals surface area contributed by atoms with Gasteiger partial charge in [0.1, 0.15) is 5.69 Å². The van der Waals surface area contributed by atoms with Crippen LogP contribution in [0.25, 0.3) is 10.9 Å². The summed E-state index contributed by atoms with van der Waals surface area (Å²) in [7, 11) is 1.80. The minimum atomic E-state index is -0.750. The SMILES string of the molecule is Cn1c(C(=O)NC2(c3cccc(C(N)=O)c3)CCOC2)cc2c(Cl)c(Cl)ccc21. The maximum absolute atomic E-state index is 13.2. The number of amides is 2. The Hall–Kier alpha value is -2.54. The van der Waals surface area contributed by atoms with Gasteiger partial charge in [0.15, 0.2) is 0 Å². The summed E-state index contributed by atoms with van der Waals surface area (Å²) in [6, 6.07) is 12.2. The van der Waals surface area contributed by atoms with E-state index >= 15 is 0 Å². The zero-order valence-corrected chi connectivity index (χ0v) is 17.2. The van der Waals surface area contributed by atoms with Crippen LogP contribution in [0.4, 0.5) is 0 Å². The standard InChI is InChI=1S/C21H19Cl2N3O3/c1-26-16-6-5-15(22)18(23)14(16)10-17(26)20(28)25-21(7-8-29-11-21)13-4-2-3-12(9-13)19(24)27/h2-6,9-10H,7-8,11H2,1H3,(H2,24,27)(H,25,28). The number of rotatable bonds is 4. The van der Waals surface area contributed by atoms with Crippen molar-refractivity contribution >= 4 is 45.9 Å². The summed E-state index contributed by atoms with van der Waals surface area (Å²) in [5.74, 6) is -0.793. The molecule has 150 valence electrons. The quantitative estimate of drug-likeness (QED) is 0.660. The van der Waals surface area contributed by atoms with Crippen LogP contribution in [0.5, 0.6) is 0 Å². The number of hydrogen-bond donors (Lipinski definition) is 2. The van der Waals surface area contributed by atoms with Crippen LogP contribution in [0.2, 0.25) is 10.0 Å². The monoisotopic (exact) mass is 431 g/mol. The van der Waals surface area contributed by atoms with Crippen molar-refractivity contribution in [3.05, 3.63) is 69.3 Å². The van der Waals surface area contributed by atoms with Gasteiger partial charge in [-0.1, -0.05) is 35.3 Å². The Morgan fingerprint density at radius 1 is 1.21 bits per heavy atom. The first-order valence-corrected chi connectivity index (χ1v) is 9.82. The minimum absolute atomic E-state index is 0.272. The Bertz CT molecular complexity index is 1130. The molecule has 1 aliphatic heterocycles. The van der Waals surface area contributed by atoms with E-state index < -0.39 is 11.4 Å². The van der Waals surface area contributed by atoms with Gasteiger partial charge in [0.2, 0.25) is 5.91 Å².